The number of piperidine rings is 1. The van der Waals surface area contributed by atoms with Crippen LogP contribution in [0.2, 0.25) is 5.02 Å². The quantitative estimate of drug-likeness (QED) is 0.686. The number of piperazine rings is 1. The first-order valence-electron chi connectivity index (χ1n) is 10.7. The fourth-order valence-corrected chi connectivity index (χ4v) is 6.15. The predicted octanol–water partition coefficient (Wildman–Crippen LogP) is 3.09. The van der Waals surface area contributed by atoms with Crippen LogP contribution < -0.4 is 0 Å². The van der Waals surface area contributed by atoms with Crippen LogP contribution >= 0.6 is 11.6 Å². The molecule has 0 spiro atoms. The van der Waals surface area contributed by atoms with Gasteiger partial charge in [0, 0.05) is 44.3 Å². The summed E-state index contributed by atoms with van der Waals surface area (Å²) in [6.07, 6.45) is 1.90. The molecule has 0 aromatic heterocycles. The zero-order valence-corrected chi connectivity index (χ0v) is 19.1. The zero-order valence-electron chi connectivity index (χ0n) is 17.5. The summed E-state index contributed by atoms with van der Waals surface area (Å²) >= 11 is 5.96. The fourth-order valence-electron chi connectivity index (χ4n) is 4.43. The van der Waals surface area contributed by atoms with Crippen molar-refractivity contribution in [3.8, 4) is 0 Å². The summed E-state index contributed by atoms with van der Waals surface area (Å²) in [5.41, 5.74) is 1.26. The largest absolute Gasteiger partial charge is 0.340 e. The first-order chi connectivity index (χ1) is 14.9. The third kappa shape index (κ3) is 5.29. The number of hydrogen-bond acceptors (Lipinski definition) is 4. The molecule has 0 aliphatic carbocycles. The van der Waals surface area contributed by atoms with Crippen LogP contribution in [0.4, 0.5) is 0 Å². The van der Waals surface area contributed by atoms with Crippen LogP contribution in [-0.2, 0) is 21.4 Å². The molecule has 31 heavy (non-hydrogen) atoms. The highest BCUT2D eigenvalue weighted by molar-refractivity contribution is 7.89. The number of carbonyl (C=O) groups is 1. The highest BCUT2D eigenvalue weighted by Crippen LogP contribution is 2.24. The van der Waals surface area contributed by atoms with E-state index in [0.717, 1.165) is 32.5 Å². The van der Waals surface area contributed by atoms with E-state index in [1.54, 1.807) is 18.2 Å². The number of rotatable bonds is 5. The van der Waals surface area contributed by atoms with Crippen molar-refractivity contribution in [2.24, 2.45) is 5.92 Å². The molecule has 4 rings (SSSR count). The second-order valence-corrected chi connectivity index (χ2v) is 10.6. The van der Waals surface area contributed by atoms with Gasteiger partial charge in [0.1, 0.15) is 0 Å². The number of halogens is 1. The van der Waals surface area contributed by atoms with Crippen LogP contribution in [-0.4, -0.2) is 67.7 Å². The van der Waals surface area contributed by atoms with E-state index in [4.69, 9.17) is 11.6 Å². The molecule has 2 aliphatic heterocycles. The molecule has 2 aliphatic rings. The minimum absolute atomic E-state index is 0.0199. The van der Waals surface area contributed by atoms with Crippen molar-refractivity contribution < 1.29 is 13.2 Å². The SMILES string of the molecule is O=C(C1CCCN(Cc2ccccc2)C1)N1CCN(S(=O)(=O)c2cccc(Cl)c2)CC1. The number of benzene rings is 2. The summed E-state index contributed by atoms with van der Waals surface area (Å²) < 4.78 is 27.2. The normalized spacial score (nSPS) is 21.2. The molecule has 6 nitrogen and oxygen atoms in total. The van der Waals surface area contributed by atoms with Crippen LogP contribution in [0.15, 0.2) is 59.5 Å². The maximum atomic E-state index is 13.1. The van der Waals surface area contributed by atoms with E-state index in [9.17, 15) is 13.2 Å². The maximum Gasteiger partial charge on any atom is 0.243 e. The number of carbonyl (C=O) groups excluding carboxylic acids is 1. The van der Waals surface area contributed by atoms with E-state index < -0.39 is 10.0 Å². The summed E-state index contributed by atoms with van der Waals surface area (Å²) in [6, 6.07) is 16.6. The van der Waals surface area contributed by atoms with Gasteiger partial charge < -0.3 is 4.90 Å². The van der Waals surface area contributed by atoms with Crippen LogP contribution in [0.1, 0.15) is 18.4 Å². The van der Waals surface area contributed by atoms with Crippen molar-refractivity contribution in [1.82, 2.24) is 14.1 Å². The summed E-state index contributed by atoms with van der Waals surface area (Å²) in [7, 11) is -3.60. The van der Waals surface area contributed by atoms with Crippen LogP contribution in [0.3, 0.4) is 0 Å². The Kier molecular flexibility index (Phi) is 6.96. The van der Waals surface area contributed by atoms with Gasteiger partial charge in [-0.15, -0.1) is 0 Å². The molecular weight excluding hydrogens is 434 g/mol. The Bertz CT molecular complexity index is 1010. The number of hydrogen-bond donors (Lipinski definition) is 0. The second-order valence-electron chi connectivity index (χ2n) is 8.25. The molecule has 1 unspecified atom stereocenters. The van der Waals surface area contributed by atoms with Gasteiger partial charge >= 0.3 is 0 Å². The molecule has 1 amide bonds. The van der Waals surface area contributed by atoms with Crippen molar-refractivity contribution >= 4 is 27.5 Å². The highest BCUT2D eigenvalue weighted by Gasteiger charge is 2.34. The monoisotopic (exact) mass is 461 g/mol. The lowest BCUT2D eigenvalue weighted by Gasteiger charge is -2.38. The van der Waals surface area contributed by atoms with Gasteiger partial charge in [-0.1, -0.05) is 48.0 Å². The van der Waals surface area contributed by atoms with Crippen LogP contribution in [0.5, 0.6) is 0 Å². The molecule has 2 fully saturated rings. The van der Waals surface area contributed by atoms with Gasteiger partial charge in [0.05, 0.1) is 10.8 Å². The third-order valence-electron chi connectivity index (χ3n) is 6.09. The maximum absolute atomic E-state index is 13.1. The fraction of sp³-hybridized carbons (Fsp3) is 0.435. The smallest absolute Gasteiger partial charge is 0.243 e. The highest BCUT2D eigenvalue weighted by atomic mass is 35.5. The number of amides is 1. The van der Waals surface area contributed by atoms with Crippen molar-refractivity contribution in [1.29, 1.82) is 0 Å². The van der Waals surface area contributed by atoms with Crippen LogP contribution in [0.25, 0.3) is 0 Å². The molecule has 2 aromatic carbocycles. The van der Waals surface area contributed by atoms with E-state index >= 15 is 0 Å². The lowest BCUT2D eigenvalue weighted by atomic mass is 9.95. The van der Waals surface area contributed by atoms with Gasteiger partial charge in [-0.3, -0.25) is 9.69 Å². The van der Waals surface area contributed by atoms with Crippen molar-refractivity contribution in [3.05, 3.63) is 65.2 Å². The van der Waals surface area contributed by atoms with E-state index in [-0.39, 0.29) is 16.7 Å². The Hall–Kier alpha value is -1.93. The first-order valence-corrected chi connectivity index (χ1v) is 12.6. The van der Waals surface area contributed by atoms with Gasteiger partial charge in [-0.2, -0.15) is 4.31 Å². The summed E-state index contributed by atoms with van der Waals surface area (Å²) in [6.45, 7) is 4.08. The third-order valence-corrected chi connectivity index (χ3v) is 8.22. The molecule has 0 bridgehead atoms. The Balaban J connectivity index is 1.33. The van der Waals surface area contributed by atoms with Gasteiger partial charge in [-0.05, 0) is 43.1 Å². The van der Waals surface area contributed by atoms with Gasteiger partial charge in [-0.25, -0.2) is 8.42 Å². The van der Waals surface area contributed by atoms with E-state index in [0.29, 0.717) is 31.2 Å². The summed E-state index contributed by atoms with van der Waals surface area (Å²) in [5.74, 6) is 0.131. The van der Waals surface area contributed by atoms with E-state index in [2.05, 4.69) is 17.0 Å². The zero-order chi connectivity index (χ0) is 21.8. The van der Waals surface area contributed by atoms with Gasteiger partial charge in [0.25, 0.3) is 0 Å². The molecule has 166 valence electrons. The molecule has 1 atom stereocenters. The number of nitrogens with zero attached hydrogens (tertiary/aromatic N) is 3. The molecule has 0 saturated carbocycles. The number of likely N-dealkylation sites (tertiary alicyclic amines) is 1. The molecule has 2 aromatic rings. The van der Waals surface area contributed by atoms with Crippen LogP contribution in [0, 0.1) is 5.92 Å². The average molecular weight is 462 g/mol. The standard InChI is InChI=1S/C23H28ClN3O3S/c24-21-9-4-10-22(16-21)31(29,30)27-14-12-26(13-15-27)23(28)20-8-5-11-25(18-20)17-19-6-2-1-3-7-19/h1-4,6-7,9-10,16,20H,5,8,11-15,17-18H2. The molecule has 8 heteroatoms. The van der Waals surface area contributed by atoms with Crippen molar-refractivity contribution in [2.45, 2.75) is 24.3 Å². The van der Waals surface area contributed by atoms with Crippen molar-refractivity contribution in [2.75, 3.05) is 39.3 Å². The Morgan fingerprint density at radius 1 is 0.968 bits per heavy atom. The Morgan fingerprint density at radius 3 is 2.42 bits per heavy atom. The van der Waals surface area contributed by atoms with E-state index in [1.807, 2.05) is 23.1 Å². The first kappa shape index (κ1) is 22.3. The predicted molar refractivity (Wildman–Crippen MR) is 121 cm³/mol. The molecule has 2 saturated heterocycles. The Morgan fingerprint density at radius 2 is 1.71 bits per heavy atom. The van der Waals surface area contributed by atoms with Gasteiger partial charge in [0.2, 0.25) is 15.9 Å². The molecule has 0 radical (unpaired) electrons. The Labute approximate surface area is 189 Å². The summed E-state index contributed by atoms with van der Waals surface area (Å²) in [5, 5.41) is 0.396. The topological polar surface area (TPSA) is 60.9 Å². The second kappa shape index (κ2) is 9.69. The molecule has 2 heterocycles. The minimum atomic E-state index is -3.60. The lowest BCUT2D eigenvalue weighted by Crippen LogP contribution is -2.53. The lowest BCUT2D eigenvalue weighted by molar-refractivity contribution is -0.138. The molecular formula is C23H28ClN3O3S. The minimum Gasteiger partial charge on any atom is -0.340 e. The van der Waals surface area contributed by atoms with Gasteiger partial charge in [0.15, 0.2) is 0 Å². The van der Waals surface area contributed by atoms with E-state index in [1.165, 1.54) is 15.9 Å². The molecule has 0 N–H and O–H groups in total. The van der Waals surface area contributed by atoms with Crippen molar-refractivity contribution in [3.63, 3.8) is 0 Å². The summed E-state index contributed by atoms with van der Waals surface area (Å²) in [4.78, 5) is 17.5. The number of sulfonamides is 1. The average Bonchev–Trinajstić information content (AvgIpc) is 2.79.